The Labute approximate surface area is 125 Å². The molecule has 0 bridgehead atoms. The van der Waals surface area contributed by atoms with Crippen molar-refractivity contribution in [1.82, 2.24) is 9.88 Å². The van der Waals surface area contributed by atoms with Crippen LogP contribution in [0.25, 0.3) is 0 Å². The molecular formula is C17H21N3O. The number of hydrogen-bond acceptors (Lipinski definition) is 2. The van der Waals surface area contributed by atoms with Crippen LogP contribution in [0, 0.1) is 13.8 Å². The first-order valence-corrected chi connectivity index (χ1v) is 7.44. The van der Waals surface area contributed by atoms with Gasteiger partial charge in [0.15, 0.2) is 0 Å². The highest BCUT2D eigenvalue weighted by Crippen LogP contribution is 2.34. The summed E-state index contributed by atoms with van der Waals surface area (Å²) in [5.41, 5.74) is 5.04. The van der Waals surface area contributed by atoms with Crippen molar-refractivity contribution in [2.45, 2.75) is 33.4 Å². The predicted molar refractivity (Wildman–Crippen MR) is 84.4 cm³/mol. The first kappa shape index (κ1) is 13.7. The second-order valence-corrected chi connectivity index (χ2v) is 5.62. The molecule has 1 aromatic heterocycles. The topological polar surface area (TPSA) is 48.1 Å². The summed E-state index contributed by atoms with van der Waals surface area (Å²) >= 11 is 0. The number of hydrogen-bond donors (Lipinski definition) is 2. The van der Waals surface area contributed by atoms with E-state index in [0.29, 0.717) is 0 Å². The lowest BCUT2D eigenvalue weighted by Gasteiger charge is -2.38. The zero-order valence-electron chi connectivity index (χ0n) is 12.7. The number of aryl methyl sites for hydroxylation is 2. The Morgan fingerprint density at radius 3 is 2.67 bits per heavy atom. The molecule has 0 radical (unpaired) electrons. The highest BCUT2D eigenvalue weighted by Gasteiger charge is 2.33. The van der Waals surface area contributed by atoms with Crippen molar-refractivity contribution in [2.24, 2.45) is 0 Å². The molecule has 0 aliphatic carbocycles. The van der Waals surface area contributed by atoms with Gasteiger partial charge in [0.1, 0.15) is 6.17 Å². The molecule has 0 spiro atoms. The molecule has 1 aliphatic heterocycles. The number of anilines is 1. The van der Waals surface area contributed by atoms with Gasteiger partial charge in [-0.25, -0.2) is 0 Å². The first-order valence-electron chi connectivity index (χ1n) is 7.44. The van der Waals surface area contributed by atoms with E-state index in [1.165, 1.54) is 0 Å². The maximum Gasteiger partial charge on any atom is 0.257 e. The third-order valence-electron chi connectivity index (χ3n) is 3.97. The maximum absolute atomic E-state index is 12.8. The van der Waals surface area contributed by atoms with Crippen molar-refractivity contribution < 1.29 is 4.79 Å². The number of H-pyrrole nitrogens is 1. The lowest BCUT2D eigenvalue weighted by Crippen LogP contribution is -2.43. The number of nitrogens with zero attached hydrogens (tertiary/aromatic N) is 1. The van der Waals surface area contributed by atoms with E-state index in [1.807, 2.05) is 36.1 Å². The Morgan fingerprint density at radius 1 is 1.24 bits per heavy atom. The number of carbonyl (C=O) groups is 1. The Hall–Kier alpha value is -2.23. The number of carbonyl (C=O) groups excluding carboxylic acids is 1. The number of nitrogens with one attached hydrogen (secondary N) is 2. The van der Waals surface area contributed by atoms with Crippen LogP contribution >= 0.6 is 0 Å². The van der Waals surface area contributed by atoms with Gasteiger partial charge in [-0.05, 0) is 38.5 Å². The molecule has 0 saturated carbocycles. The van der Waals surface area contributed by atoms with Crippen molar-refractivity contribution >= 4 is 11.6 Å². The van der Waals surface area contributed by atoms with Crippen LogP contribution in [-0.4, -0.2) is 22.3 Å². The Balaban J connectivity index is 2.07. The number of fused-ring (bicyclic) bond motifs is 1. The van der Waals surface area contributed by atoms with Gasteiger partial charge in [0, 0.05) is 29.2 Å². The summed E-state index contributed by atoms with van der Waals surface area (Å²) < 4.78 is 0. The van der Waals surface area contributed by atoms with Gasteiger partial charge in [-0.1, -0.05) is 19.1 Å². The fourth-order valence-corrected chi connectivity index (χ4v) is 3.04. The van der Waals surface area contributed by atoms with Crippen molar-refractivity contribution in [3.05, 3.63) is 52.8 Å². The summed E-state index contributed by atoms with van der Waals surface area (Å²) in [6.45, 7) is 6.94. The van der Waals surface area contributed by atoms with Crippen LogP contribution < -0.4 is 5.32 Å². The molecule has 2 aromatic rings. The van der Waals surface area contributed by atoms with Crippen LogP contribution in [0.2, 0.25) is 0 Å². The predicted octanol–water partition coefficient (Wildman–Crippen LogP) is 3.61. The molecule has 4 heteroatoms. The summed E-state index contributed by atoms with van der Waals surface area (Å²) in [6, 6.07) is 9.85. The fraction of sp³-hybridized carbons (Fsp3) is 0.353. The second kappa shape index (κ2) is 5.28. The fourth-order valence-electron chi connectivity index (χ4n) is 3.04. The minimum absolute atomic E-state index is 0.0997. The van der Waals surface area contributed by atoms with E-state index < -0.39 is 0 Å². The van der Waals surface area contributed by atoms with Crippen molar-refractivity contribution in [2.75, 3.05) is 11.9 Å². The quantitative estimate of drug-likeness (QED) is 0.904. The molecule has 1 aliphatic rings. The van der Waals surface area contributed by atoms with E-state index in [2.05, 4.69) is 30.2 Å². The smallest absolute Gasteiger partial charge is 0.257 e. The van der Waals surface area contributed by atoms with E-state index in [0.717, 1.165) is 41.2 Å². The van der Waals surface area contributed by atoms with Crippen LogP contribution in [0.5, 0.6) is 0 Å². The minimum Gasteiger partial charge on any atom is -0.362 e. The van der Waals surface area contributed by atoms with Crippen LogP contribution in [0.1, 0.15) is 46.8 Å². The lowest BCUT2D eigenvalue weighted by molar-refractivity contribution is 0.0683. The van der Waals surface area contributed by atoms with Crippen LogP contribution in [0.4, 0.5) is 5.69 Å². The molecule has 0 saturated heterocycles. The summed E-state index contributed by atoms with van der Waals surface area (Å²) in [4.78, 5) is 18.0. The van der Waals surface area contributed by atoms with E-state index in [4.69, 9.17) is 0 Å². The van der Waals surface area contributed by atoms with Gasteiger partial charge in [0.05, 0.1) is 5.56 Å². The van der Waals surface area contributed by atoms with Gasteiger partial charge < -0.3 is 15.2 Å². The lowest BCUT2D eigenvalue weighted by atomic mass is 10.0. The van der Waals surface area contributed by atoms with Gasteiger partial charge >= 0.3 is 0 Å². The molecule has 1 amide bonds. The zero-order chi connectivity index (χ0) is 15.0. The van der Waals surface area contributed by atoms with Crippen LogP contribution in [-0.2, 0) is 0 Å². The van der Waals surface area contributed by atoms with Crippen molar-refractivity contribution in [1.29, 1.82) is 0 Å². The van der Waals surface area contributed by atoms with Crippen molar-refractivity contribution in [3.8, 4) is 0 Å². The molecule has 0 fully saturated rings. The molecule has 21 heavy (non-hydrogen) atoms. The largest absolute Gasteiger partial charge is 0.362 e. The number of rotatable bonds is 3. The molecule has 2 N–H and O–H groups in total. The van der Waals surface area contributed by atoms with Gasteiger partial charge in [-0.15, -0.1) is 0 Å². The molecule has 3 rings (SSSR count). The third-order valence-corrected chi connectivity index (χ3v) is 3.97. The van der Waals surface area contributed by atoms with Crippen molar-refractivity contribution in [3.63, 3.8) is 0 Å². The Morgan fingerprint density at radius 2 is 2.00 bits per heavy atom. The highest BCUT2D eigenvalue weighted by atomic mass is 16.2. The summed E-state index contributed by atoms with van der Waals surface area (Å²) in [5.74, 6) is 0.106. The monoisotopic (exact) mass is 283 g/mol. The Kier molecular flexibility index (Phi) is 3.45. The second-order valence-electron chi connectivity index (χ2n) is 5.62. The molecule has 4 nitrogen and oxygen atoms in total. The molecular weight excluding hydrogens is 262 g/mol. The van der Waals surface area contributed by atoms with E-state index in [1.54, 1.807) is 0 Å². The summed E-state index contributed by atoms with van der Waals surface area (Å²) in [6.07, 6.45) is 0.839. The van der Waals surface area contributed by atoms with Gasteiger partial charge in [-0.3, -0.25) is 4.79 Å². The normalized spacial score (nSPS) is 17.6. The highest BCUT2D eigenvalue weighted by molar-refractivity contribution is 6.01. The summed E-state index contributed by atoms with van der Waals surface area (Å²) in [5, 5.41) is 3.52. The molecule has 1 aromatic carbocycles. The van der Waals surface area contributed by atoms with E-state index in [-0.39, 0.29) is 12.1 Å². The molecule has 2 heterocycles. The number of benzene rings is 1. The SMILES string of the molecule is CCCN1C(=O)c2ccccc2N[C@@H]1c1cc(C)[nH]c1C. The molecule has 1 atom stereocenters. The van der Waals surface area contributed by atoms with E-state index in [9.17, 15) is 4.79 Å². The molecule has 0 unspecified atom stereocenters. The third kappa shape index (κ3) is 2.31. The van der Waals surface area contributed by atoms with Gasteiger partial charge in [-0.2, -0.15) is 0 Å². The Bertz CT molecular complexity index is 674. The number of aromatic nitrogens is 1. The summed E-state index contributed by atoms with van der Waals surface area (Å²) in [7, 11) is 0. The first-order chi connectivity index (χ1) is 10.1. The number of aromatic amines is 1. The van der Waals surface area contributed by atoms with Gasteiger partial charge in [0.2, 0.25) is 0 Å². The van der Waals surface area contributed by atoms with E-state index >= 15 is 0 Å². The van der Waals surface area contributed by atoms with Crippen LogP contribution in [0.3, 0.4) is 0 Å². The zero-order valence-corrected chi connectivity index (χ0v) is 12.7. The number of amides is 1. The maximum atomic E-state index is 12.8. The van der Waals surface area contributed by atoms with Crippen LogP contribution in [0.15, 0.2) is 30.3 Å². The standard InChI is InChI=1S/C17H21N3O/c1-4-9-20-16(14-10-11(2)18-12(14)3)19-15-8-6-5-7-13(15)17(20)21/h5-8,10,16,18-19H,4,9H2,1-3H3/t16-/m0/s1. The average Bonchev–Trinajstić information content (AvgIpc) is 2.81. The number of para-hydroxylation sites is 1. The average molecular weight is 283 g/mol. The minimum atomic E-state index is -0.0997. The molecule has 110 valence electrons. The van der Waals surface area contributed by atoms with Gasteiger partial charge in [0.25, 0.3) is 5.91 Å².